The van der Waals surface area contributed by atoms with Gasteiger partial charge in [-0.05, 0) is 26.0 Å². The van der Waals surface area contributed by atoms with Crippen molar-refractivity contribution in [2.45, 2.75) is 29.7 Å². The zero-order valence-electron chi connectivity index (χ0n) is 13.9. The highest BCUT2D eigenvalue weighted by Crippen LogP contribution is 2.36. The van der Waals surface area contributed by atoms with Crippen molar-refractivity contribution in [1.29, 1.82) is 0 Å². The number of carbonyl (C=O) groups is 1. The highest BCUT2D eigenvalue weighted by atomic mass is 32.2. The number of nitrogens with zero attached hydrogens (tertiary/aromatic N) is 2. The molecule has 0 saturated heterocycles. The molecule has 2 aromatic rings. The summed E-state index contributed by atoms with van der Waals surface area (Å²) in [5, 5.41) is 28.3. The quantitative estimate of drug-likeness (QED) is 0.638. The first-order valence-electron chi connectivity index (χ1n) is 7.51. The minimum absolute atomic E-state index is 0.0532. The van der Waals surface area contributed by atoms with Gasteiger partial charge in [0.05, 0.1) is 35.5 Å². The minimum Gasteiger partial charge on any atom is -0.394 e. The van der Waals surface area contributed by atoms with Crippen LogP contribution in [0.2, 0.25) is 0 Å². The topological polar surface area (TPSA) is 101 Å². The van der Waals surface area contributed by atoms with E-state index in [2.05, 4.69) is 15.5 Å². The van der Waals surface area contributed by atoms with Gasteiger partial charge in [-0.15, -0.1) is 0 Å². The van der Waals surface area contributed by atoms with Gasteiger partial charge < -0.3 is 20.4 Å². The van der Waals surface area contributed by atoms with Crippen LogP contribution in [0.5, 0.6) is 0 Å². The number of hydrogen-bond acceptors (Lipinski definition) is 5. The lowest BCUT2D eigenvalue weighted by atomic mass is 10.3. The van der Waals surface area contributed by atoms with Gasteiger partial charge in [0.25, 0.3) is 0 Å². The van der Waals surface area contributed by atoms with E-state index in [4.69, 9.17) is 5.11 Å². The number of rotatable bonds is 6. The lowest BCUT2D eigenvalue weighted by molar-refractivity contribution is 0.0750. The molecule has 0 spiro atoms. The molecule has 1 atom stereocenters. The molecule has 1 unspecified atom stereocenters. The van der Waals surface area contributed by atoms with Gasteiger partial charge >= 0.3 is 6.03 Å². The minimum atomic E-state index is -0.957. The first-order valence-corrected chi connectivity index (χ1v) is 8.33. The van der Waals surface area contributed by atoms with Crippen LogP contribution < -0.4 is 5.32 Å². The average Bonchev–Trinajstić information content (AvgIpc) is 2.88. The molecule has 0 aliphatic carbocycles. The van der Waals surface area contributed by atoms with Gasteiger partial charge in [-0.1, -0.05) is 23.9 Å². The van der Waals surface area contributed by atoms with E-state index in [-0.39, 0.29) is 19.2 Å². The number of carbonyl (C=O) groups excluding carboxylic acids is 1. The Balaban J connectivity index is 2.13. The molecule has 24 heavy (non-hydrogen) atoms. The SMILES string of the molecule is Cc1n[nH]c(C)c1Sc1ccccc1NC(=O)N(C)CC(O)CO. The standard InChI is InChI=1S/C16H22N4O3S/c1-10-15(11(2)19-18-10)24-14-7-5-4-6-13(14)17-16(23)20(3)8-12(22)9-21/h4-7,12,21-22H,8-9H2,1-3H3,(H,17,23)(H,18,19). The number of likely N-dealkylation sites (N-methyl/N-ethyl adjacent to an activating group) is 1. The number of anilines is 1. The number of aliphatic hydroxyl groups excluding tert-OH is 2. The molecule has 2 amide bonds. The van der Waals surface area contributed by atoms with Gasteiger partial charge in [0.2, 0.25) is 0 Å². The highest BCUT2D eigenvalue weighted by molar-refractivity contribution is 7.99. The fourth-order valence-corrected chi connectivity index (χ4v) is 3.11. The zero-order chi connectivity index (χ0) is 17.7. The Hall–Kier alpha value is -2.03. The molecule has 1 aromatic heterocycles. The molecule has 0 saturated carbocycles. The molecule has 0 aliphatic rings. The molecule has 2 rings (SSSR count). The molecule has 130 valence electrons. The summed E-state index contributed by atoms with van der Waals surface area (Å²) in [7, 11) is 1.56. The van der Waals surface area contributed by atoms with E-state index in [1.807, 2.05) is 38.1 Å². The number of urea groups is 1. The van der Waals surface area contributed by atoms with Crippen LogP contribution in [0.4, 0.5) is 10.5 Å². The van der Waals surface area contributed by atoms with Gasteiger partial charge in [-0.3, -0.25) is 5.10 Å². The van der Waals surface area contributed by atoms with Crippen molar-refractivity contribution in [3.8, 4) is 0 Å². The third kappa shape index (κ3) is 4.50. The lowest BCUT2D eigenvalue weighted by Crippen LogP contribution is -2.38. The van der Waals surface area contributed by atoms with Crippen LogP contribution in [-0.2, 0) is 0 Å². The van der Waals surface area contributed by atoms with Crippen LogP contribution in [0.3, 0.4) is 0 Å². The van der Waals surface area contributed by atoms with Crippen molar-refractivity contribution in [2.24, 2.45) is 0 Å². The molecule has 0 aliphatic heterocycles. The molecule has 0 radical (unpaired) electrons. The Kier molecular flexibility index (Phi) is 6.24. The largest absolute Gasteiger partial charge is 0.394 e. The van der Waals surface area contributed by atoms with Crippen LogP contribution >= 0.6 is 11.8 Å². The molecule has 1 aromatic carbocycles. The Labute approximate surface area is 145 Å². The summed E-state index contributed by atoms with van der Waals surface area (Å²) in [5.74, 6) is 0. The number of aromatic amines is 1. The maximum absolute atomic E-state index is 12.2. The van der Waals surface area contributed by atoms with Crippen LogP contribution in [0.1, 0.15) is 11.4 Å². The second-order valence-electron chi connectivity index (χ2n) is 5.51. The first kappa shape index (κ1) is 18.3. The summed E-state index contributed by atoms with van der Waals surface area (Å²) in [6.45, 7) is 3.55. The van der Waals surface area contributed by atoms with E-state index >= 15 is 0 Å². The van der Waals surface area contributed by atoms with Crippen molar-refractivity contribution in [3.05, 3.63) is 35.7 Å². The fourth-order valence-electron chi connectivity index (χ4n) is 2.13. The maximum atomic E-state index is 12.2. The number of para-hydroxylation sites is 1. The molecular formula is C16H22N4O3S. The highest BCUT2D eigenvalue weighted by Gasteiger charge is 2.16. The van der Waals surface area contributed by atoms with Crippen molar-refractivity contribution in [3.63, 3.8) is 0 Å². The van der Waals surface area contributed by atoms with E-state index in [1.165, 1.54) is 16.7 Å². The monoisotopic (exact) mass is 350 g/mol. The summed E-state index contributed by atoms with van der Waals surface area (Å²) >= 11 is 1.53. The number of amides is 2. The summed E-state index contributed by atoms with van der Waals surface area (Å²) < 4.78 is 0. The summed E-state index contributed by atoms with van der Waals surface area (Å²) in [4.78, 5) is 15.5. The van der Waals surface area contributed by atoms with Gasteiger partial charge in [0, 0.05) is 17.6 Å². The normalized spacial score (nSPS) is 12.0. The molecule has 8 heteroatoms. The Morgan fingerprint density at radius 2 is 2.12 bits per heavy atom. The van der Waals surface area contributed by atoms with Gasteiger partial charge in [0.1, 0.15) is 0 Å². The van der Waals surface area contributed by atoms with Crippen molar-refractivity contribution in [1.82, 2.24) is 15.1 Å². The Morgan fingerprint density at radius 3 is 2.75 bits per heavy atom. The van der Waals surface area contributed by atoms with E-state index in [1.54, 1.807) is 7.05 Å². The zero-order valence-corrected chi connectivity index (χ0v) is 14.7. The number of aromatic nitrogens is 2. The second kappa shape index (κ2) is 8.18. The Bertz CT molecular complexity index is 685. The van der Waals surface area contributed by atoms with Gasteiger partial charge in [-0.25, -0.2) is 4.79 Å². The van der Waals surface area contributed by atoms with E-state index < -0.39 is 6.10 Å². The van der Waals surface area contributed by atoms with E-state index in [0.29, 0.717) is 5.69 Å². The van der Waals surface area contributed by atoms with Crippen LogP contribution in [0.25, 0.3) is 0 Å². The number of benzene rings is 1. The first-order chi connectivity index (χ1) is 11.4. The molecule has 1 heterocycles. The molecule has 0 bridgehead atoms. The van der Waals surface area contributed by atoms with Crippen molar-refractivity contribution in [2.75, 3.05) is 25.5 Å². The maximum Gasteiger partial charge on any atom is 0.321 e. The third-order valence-corrected chi connectivity index (χ3v) is 4.82. The number of aryl methyl sites for hydroxylation is 2. The summed E-state index contributed by atoms with van der Waals surface area (Å²) in [6, 6.07) is 7.14. The fraction of sp³-hybridized carbons (Fsp3) is 0.375. The van der Waals surface area contributed by atoms with Crippen LogP contribution in [0.15, 0.2) is 34.1 Å². The van der Waals surface area contributed by atoms with E-state index in [9.17, 15) is 9.90 Å². The molecular weight excluding hydrogens is 328 g/mol. The van der Waals surface area contributed by atoms with Crippen LogP contribution in [0, 0.1) is 13.8 Å². The smallest absolute Gasteiger partial charge is 0.321 e. The summed E-state index contributed by atoms with van der Waals surface area (Å²) in [6.07, 6.45) is -0.957. The lowest BCUT2D eigenvalue weighted by Gasteiger charge is -2.21. The molecule has 0 fully saturated rings. The average molecular weight is 350 g/mol. The van der Waals surface area contributed by atoms with Gasteiger partial charge in [-0.2, -0.15) is 5.10 Å². The number of hydrogen-bond donors (Lipinski definition) is 4. The molecule has 4 N–H and O–H groups in total. The predicted molar refractivity (Wildman–Crippen MR) is 93.4 cm³/mol. The number of nitrogens with one attached hydrogen (secondary N) is 2. The predicted octanol–water partition coefficient (Wildman–Crippen LogP) is 1.99. The van der Waals surface area contributed by atoms with Crippen molar-refractivity contribution < 1.29 is 15.0 Å². The van der Waals surface area contributed by atoms with Crippen LogP contribution in [-0.4, -0.2) is 57.6 Å². The second-order valence-corrected chi connectivity index (χ2v) is 6.56. The van der Waals surface area contributed by atoms with Gasteiger partial charge in [0.15, 0.2) is 0 Å². The Morgan fingerprint density at radius 1 is 1.42 bits per heavy atom. The van der Waals surface area contributed by atoms with Crippen molar-refractivity contribution >= 4 is 23.5 Å². The third-order valence-electron chi connectivity index (χ3n) is 3.44. The number of H-pyrrole nitrogens is 1. The molecule has 7 nitrogen and oxygen atoms in total. The summed E-state index contributed by atoms with van der Waals surface area (Å²) in [5.41, 5.74) is 2.56. The van der Waals surface area contributed by atoms with E-state index in [0.717, 1.165) is 21.2 Å². The number of aliphatic hydroxyl groups is 2.